The minimum atomic E-state index is 0.0438. The molecule has 0 aliphatic rings. The van der Waals surface area contributed by atoms with E-state index in [0.717, 1.165) is 18.4 Å². The molecule has 1 unspecified atom stereocenters. The number of rotatable bonds is 5. The summed E-state index contributed by atoms with van der Waals surface area (Å²) in [6.45, 7) is 1.99. The van der Waals surface area contributed by atoms with Crippen LogP contribution >= 0.6 is 0 Å². The number of hydrogen-bond acceptors (Lipinski definition) is 2. The summed E-state index contributed by atoms with van der Waals surface area (Å²) in [6.07, 6.45) is 3.53. The third-order valence-corrected chi connectivity index (χ3v) is 3.26. The first-order valence-corrected chi connectivity index (χ1v) is 6.24. The molecule has 3 heteroatoms. The van der Waals surface area contributed by atoms with Gasteiger partial charge in [-0.25, -0.2) is 0 Å². The van der Waals surface area contributed by atoms with Gasteiger partial charge in [-0.05, 0) is 18.9 Å². The Balaban J connectivity index is 1.94. The van der Waals surface area contributed by atoms with Crippen LogP contribution in [0.4, 0.5) is 0 Å². The summed E-state index contributed by atoms with van der Waals surface area (Å²) in [5.74, 6) is 0.264. The Hall–Kier alpha value is -1.90. The Labute approximate surface area is 107 Å². The summed E-state index contributed by atoms with van der Waals surface area (Å²) in [5, 5.41) is 4.13. The van der Waals surface area contributed by atoms with Crippen molar-refractivity contribution in [2.45, 2.75) is 19.8 Å². The zero-order valence-electron chi connectivity index (χ0n) is 10.8. The van der Waals surface area contributed by atoms with Gasteiger partial charge in [0.2, 0.25) is 0 Å². The third kappa shape index (κ3) is 2.86. The van der Waals surface area contributed by atoms with Crippen molar-refractivity contribution in [1.82, 2.24) is 9.78 Å². The van der Waals surface area contributed by atoms with E-state index < -0.39 is 0 Å². The van der Waals surface area contributed by atoms with Crippen LogP contribution in [0, 0.1) is 5.92 Å². The molecule has 1 heterocycles. The zero-order chi connectivity index (χ0) is 13.0. The number of nitrogens with zero attached hydrogens (tertiary/aromatic N) is 2. The molecule has 0 radical (unpaired) electrons. The number of Topliss-reactive ketones (excluding diaryl/α,β-unsaturated/α-hetero) is 1. The summed E-state index contributed by atoms with van der Waals surface area (Å²) in [6, 6.07) is 11.5. The summed E-state index contributed by atoms with van der Waals surface area (Å²) in [4.78, 5) is 12.2. The van der Waals surface area contributed by atoms with Gasteiger partial charge in [-0.15, -0.1) is 0 Å². The predicted octanol–water partition coefficient (Wildman–Crippen LogP) is 2.87. The molecule has 0 fully saturated rings. The van der Waals surface area contributed by atoms with Gasteiger partial charge >= 0.3 is 0 Å². The Morgan fingerprint density at radius 1 is 1.28 bits per heavy atom. The molecule has 1 aromatic carbocycles. The summed E-state index contributed by atoms with van der Waals surface area (Å²) < 4.78 is 1.86. The third-order valence-electron chi connectivity index (χ3n) is 3.26. The lowest BCUT2D eigenvalue weighted by molar-refractivity contribution is 0.0924. The topological polar surface area (TPSA) is 34.9 Å². The quantitative estimate of drug-likeness (QED) is 0.756. The maximum Gasteiger partial charge on any atom is 0.165 e. The van der Waals surface area contributed by atoms with Crippen LogP contribution < -0.4 is 0 Å². The van der Waals surface area contributed by atoms with Crippen molar-refractivity contribution in [3.63, 3.8) is 0 Å². The molecule has 0 bridgehead atoms. The van der Waals surface area contributed by atoms with Gasteiger partial charge in [-0.3, -0.25) is 9.48 Å². The van der Waals surface area contributed by atoms with E-state index in [4.69, 9.17) is 0 Å². The molecular weight excluding hydrogens is 224 g/mol. The van der Waals surface area contributed by atoms with Gasteiger partial charge in [0.1, 0.15) is 0 Å². The zero-order valence-corrected chi connectivity index (χ0v) is 10.8. The molecule has 1 aromatic heterocycles. The van der Waals surface area contributed by atoms with Gasteiger partial charge in [-0.2, -0.15) is 5.10 Å². The highest BCUT2D eigenvalue weighted by atomic mass is 16.1. The van der Waals surface area contributed by atoms with Crippen LogP contribution in [0.5, 0.6) is 0 Å². The van der Waals surface area contributed by atoms with Crippen LogP contribution in [0.3, 0.4) is 0 Å². The summed E-state index contributed by atoms with van der Waals surface area (Å²) >= 11 is 0. The molecule has 0 aliphatic carbocycles. The van der Waals surface area contributed by atoms with Gasteiger partial charge in [0.15, 0.2) is 5.78 Å². The van der Waals surface area contributed by atoms with E-state index in [-0.39, 0.29) is 11.7 Å². The molecule has 2 rings (SSSR count). The SMILES string of the molecule is CC(CCc1ccnn1C)C(=O)c1ccccc1. The van der Waals surface area contributed by atoms with Crippen molar-refractivity contribution in [2.75, 3.05) is 0 Å². The second-order valence-corrected chi connectivity index (χ2v) is 4.62. The first-order chi connectivity index (χ1) is 8.68. The smallest absolute Gasteiger partial charge is 0.165 e. The number of hydrogen-bond donors (Lipinski definition) is 0. The molecule has 0 saturated carbocycles. The van der Waals surface area contributed by atoms with Crippen LogP contribution in [0.1, 0.15) is 29.4 Å². The van der Waals surface area contributed by atoms with Crippen molar-refractivity contribution in [3.8, 4) is 0 Å². The Morgan fingerprint density at radius 2 is 2.00 bits per heavy atom. The lowest BCUT2D eigenvalue weighted by Crippen LogP contribution is -2.13. The van der Waals surface area contributed by atoms with Crippen molar-refractivity contribution >= 4 is 5.78 Å². The lowest BCUT2D eigenvalue weighted by atomic mass is 9.94. The van der Waals surface area contributed by atoms with Gasteiger partial charge in [0, 0.05) is 30.4 Å². The summed E-state index contributed by atoms with van der Waals surface area (Å²) in [5.41, 5.74) is 1.97. The van der Waals surface area contributed by atoms with Crippen LogP contribution in [0.2, 0.25) is 0 Å². The fourth-order valence-electron chi connectivity index (χ4n) is 2.03. The van der Waals surface area contributed by atoms with Gasteiger partial charge < -0.3 is 0 Å². The fraction of sp³-hybridized carbons (Fsp3) is 0.333. The molecular formula is C15H18N2O. The monoisotopic (exact) mass is 242 g/mol. The van der Waals surface area contributed by atoms with Crippen molar-refractivity contribution in [2.24, 2.45) is 13.0 Å². The van der Waals surface area contributed by atoms with E-state index in [1.165, 1.54) is 5.69 Å². The average Bonchev–Trinajstić information content (AvgIpc) is 2.81. The molecule has 0 spiro atoms. The minimum absolute atomic E-state index is 0.0438. The number of aryl methyl sites for hydroxylation is 2. The highest BCUT2D eigenvalue weighted by molar-refractivity contribution is 5.97. The van der Waals surface area contributed by atoms with Crippen molar-refractivity contribution < 1.29 is 4.79 Å². The molecule has 18 heavy (non-hydrogen) atoms. The lowest BCUT2D eigenvalue weighted by Gasteiger charge is -2.10. The van der Waals surface area contributed by atoms with Gasteiger partial charge in [-0.1, -0.05) is 37.3 Å². The highest BCUT2D eigenvalue weighted by Crippen LogP contribution is 2.14. The predicted molar refractivity (Wildman–Crippen MR) is 71.5 cm³/mol. The number of ketones is 1. The first kappa shape index (κ1) is 12.6. The van der Waals surface area contributed by atoms with Crippen LogP contribution in [-0.4, -0.2) is 15.6 Å². The van der Waals surface area contributed by atoms with Crippen LogP contribution in [0.15, 0.2) is 42.6 Å². The van der Waals surface area contributed by atoms with E-state index in [9.17, 15) is 4.79 Å². The van der Waals surface area contributed by atoms with E-state index in [0.29, 0.717) is 0 Å². The molecule has 3 nitrogen and oxygen atoms in total. The van der Waals surface area contributed by atoms with Crippen molar-refractivity contribution in [3.05, 3.63) is 53.9 Å². The highest BCUT2D eigenvalue weighted by Gasteiger charge is 2.15. The van der Waals surface area contributed by atoms with E-state index in [2.05, 4.69) is 5.10 Å². The fourth-order valence-corrected chi connectivity index (χ4v) is 2.03. The van der Waals surface area contributed by atoms with E-state index >= 15 is 0 Å². The first-order valence-electron chi connectivity index (χ1n) is 6.24. The van der Waals surface area contributed by atoms with Gasteiger partial charge in [0.05, 0.1) is 0 Å². The number of benzene rings is 1. The van der Waals surface area contributed by atoms with Crippen LogP contribution in [-0.2, 0) is 13.5 Å². The molecule has 1 atom stereocenters. The Morgan fingerprint density at radius 3 is 2.61 bits per heavy atom. The average molecular weight is 242 g/mol. The van der Waals surface area contributed by atoms with E-state index in [1.807, 2.05) is 55.1 Å². The van der Waals surface area contributed by atoms with Gasteiger partial charge in [0.25, 0.3) is 0 Å². The minimum Gasteiger partial charge on any atom is -0.294 e. The second-order valence-electron chi connectivity index (χ2n) is 4.62. The molecule has 2 aromatic rings. The molecule has 94 valence electrons. The normalized spacial score (nSPS) is 12.3. The Bertz CT molecular complexity index is 516. The Kier molecular flexibility index (Phi) is 3.92. The van der Waals surface area contributed by atoms with E-state index in [1.54, 1.807) is 6.20 Å². The maximum absolute atomic E-state index is 12.2. The molecule has 0 N–H and O–H groups in total. The number of carbonyl (C=O) groups is 1. The van der Waals surface area contributed by atoms with Crippen LogP contribution in [0.25, 0.3) is 0 Å². The maximum atomic E-state index is 12.2. The standard InChI is InChI=1S/C15H18N2O/c1-12(8-9-14-10-11-16-17(14)2)15(18)13-6-4-3-5-7-13/h3-7,10-12H,8-9H2,1-2H3. The number of aromatic nitrogens is 2. The largest absolute Gasteiger partial charge is 0.294 e. The number of carbonyl (C=O) groups excluding carboxylic acids is 1. The molecule has 0 saturated heterocycles. The molecule has 0 amide bonds. The molecule has 0 aliphatic heterocycles. The summed E-state index contributed by atoms with van der Waals surface area (Å²) in [7, 11) is 1.93. The second kappa shape index (κ2) is 5.63. The van der Waals surface area contributed by atoms with Crippen molar-refractivity contribution in [1.29, 1.82) is 0 Å².